The summed E-state index contributed by atoms with van der Waals surface area (Å²) < 4.78 is 38.1. The lowest BCUT2D eigenvalue weighted by molar-refractivity contribution is -0.188. The van der Waals surface area contributed by atoms with Crippen LogP contribution in [0.1, 0.15) is 35.7 Å². The van der Waals surface area contributed by atoms with Crippen molar-refractivity contribution in [1.82, 2.24) is 4.90 Å². The zero-order chi connectivity index (χ0) is 20.1. The molecule has 3 aliphatic heterocycles. The van der Waals surface area contributed by atoms with Crippen molar-refractivity contribution in [3.8, 4) is 0 Å². The van der Waals surface area contributed by atoms with Crippen LogP contribution in [0.2, 0.25) is 0 Å². The molecule has 2 fully saturated rings. The molecule has 0 N–H and O–H groups in total. The molecule has 0 saturated carbocycles. The maximum Gasteiger partial charge on any atom is 0.280 e. The highest BCUT2D eigenvalue weighted by atomic mass is 32.2. The Kier molecular flexibility index (Phi) is 4.42. The van der Waals surface area contributed by atoms with Gasteiger partial charge >= 0.3 is 0 Å². The number of sulfone groups is 1. The van der Waals surface area contributed by atoms with Crippen molar-refractivity contribution >= 4 is 26.6 Å². The summed E-state index contributed by atoms with van der Waals surface area (Å²) in [6.07, 6.45) is 0.916. The Morgan fingerprint density at radius 2 is 2.07 bits per heavy atom. The molecular formula is C17H19N5O5S. The van der Waals surface area contributed by atoms with E-state index in [2.05, 4.69) is 15.0 Å². The molecule has 0 aliphatic carbocycles. The van der Waals surface area contributed by atoms with Crippen LogP contribution in [0, 0.1) is 6.92 Å². The number of piperidine rings is 1. The molecule has 0 aromatic heterocycles. The van der Waals surface area contributed by atoms with Gasteiger partial charge in [0.05, 0.1) is 28.9 Å². The van der Waals surface area contributed by atoms with Gasteiger partial charge in [-0.25, -0.2) is 8.42 Å². The highest BCUT2D eigenvalue weighted by Gasteiger charge is 2.46. The number of benzene rings is 1. The highest BCUT2D eigenvalue weighted by Crippen LogP contribution is 2.38. The van der Waals surface area contributed by atoms with Crippen LogP contribution >= 0.6 is 0 Å². The number of hydrogen-bond donors (Lipinski definition) is 0. The number of aliphatic imine (C=N–C) groups is 1. The SMILES string of the molecule is Cc1cc(N=[N+]=[N-])c2c(c1)C(=O)N=C(N1CCC3(CC1)OC[C@H](C)O3)S2(=O)=O. The van der Waals surface area contributed by atoms with Gasteiger partial charge in [0.1, 0.15) is 0 Å². The lowest BCUT2D eigenvalue weighted by Gasteiger charge is -2.39. The third-order valence-electron chi connectivity index (χ3n) is 5.10. The Morgan fingerprint density at radius 3 is 2.68 bits per heavy atom. The molecule has 11 heteroatoms. The number of amidine groups is 1. The summed E-state index contributed by atoms with van der Waals surface area (Å²) in [6, 6.07) is 2.89. The van der Waals surface area contributed by atoms with Crippen LogP contribution in [0.15, 0.2) is 27.1 Å². The number of likely N-dealkylation sites (tertiary alicyclic amines) is 1. The van der Waals surface area contributed by atoms with Crippen LogP contribution < -0.4 is 0 Å². The smallest absolute Gasteiger partial charge is 0.280 e. The Hall–Kier alpha value is -2.46. The molecule has 0 unspecified atom stereocenters. The standard InChI is InChI=1S/C17H19N5O5S/c1-10-7-12-14(13(8-10)20-21-18)28(24,25)16(19-15(12)23)22-5-3-17(4-6-22)26-9-11(2)27-17/h7-8,11H,3-6,9H2,1-2H3/t11-/m0/s1. The van der Waals surface area contributed by atoms with E-state index in [1.165, 1.54) is 12.1 Å². The maximum absolute atomic E-state index is 13.3. The fourth-order valence-electron chi connectivity index (χ4n) is 3.86. The Balaban J connectivity index is 1.70. The Labute approximate surface area is 161 Å². The van der Waals surface area contributed by atoms with E-state index in [0.717, 1.165) is 0 Å². The lowest BCUT2D eigenvalue weighted by Crippen LogP contribution is -2.50. The van der Waals surface area contributed by atoms with Crippen LogP contribution in [0.25, 0.3) is 10.4 Å². The van der Waals surface area contributed by atoms with Crippen molar-refractivity contribution < 1.29 is 22.7 Å². The maximum atomic E-state index is 13.3. The summed E-state index contributed by atoms with van der Waals surface area (Å²) in [5.41, 5.74) is 9.25. The van der Waals surface area contributed by atoms with Crippen molar-refractivity contribution in [2.24, 2.45) is 10.1 Å². The van der Waals surface area contributed by atoms with Gasteiger partial charge in [0.2, 0.25) is 15.0 Å². The van der Waals surface area contributed by atoms with Crippen molar-refractivity contribution in [2.45, 2.75) is 43.5 Å². The van der Waals surface area contributed by atoms with Gasteiger partial charge in [-0.3, -0.25) is 4.79 Å². The summed E-state index contributed by atoms with van der Waals surface area (Å²) >= 11 is 0. The Morgan fingerprint density at radius 1 is 1.36 bits per heavy atom. The van der Waals surface area contributed by atoms with Crippen LogP contribution in [0.4, 0.5) is 5.69 Å². The second kappa shape index (κ2) is 6.56. The van der Waals surface area contributed by atoms with E-state index < -0.39 is 21.5 Å². The monoisotopic (exact) mass is 405 g/mol. The molecule has 10 nitrogen and oxygen atoms in total. The lowest BCUT2D eigenvalue weighted by atomic mass is 10.0. The molecule has 1 aromatic carbocycles. The zero-order valence-corrected chi connectivity index (χ0v) is 16.3. The Bertz CT molecular complexity index is 1040. The molecule has 3 heterocycles. The molecule has 2 saturated heterocycles. The molecule has 1 atom stereocenters. The fraction of sp³-hybridized carbons (Fsp3) is 0.529. The molecule has 1 amide bonds. The number of ether oxygens (including phenoxy) is 2. The average molecular weight is 405 g/mol. The predicted molar refractivity (Wildman–Crippen MR) is 99.0 cm³/mol. The van der Waals surface area contributed by atoms with E-state index in [4.69, 9.17) is 15.0 Å². The summed E-state index contributed by atoms with van der Waals surface area (Å²) in [4.78, 5) is 20.4. The van der Waals surface area contributed by atoms with E-state index in [-0.39, 0.29) is 27.4 Å². The molecule has 1 aromatic rings. The fourth-order valence-corrected chi connectivity index (χ4v) is 5.58. The van der Waals surface area contributed by atoms with Crippen molar-refractivity contribution in [2.75, 3.05) is 19.7 Å². The molecule has 4 rings (SSSR count). The van der Waals surface area contributed by atoms with Crippen LogP contribution in [0.5, 0.6) is 0 Å². The molecule has 148 valence electrons. The molecule has 1 spiro atoms. The van der Waals surface area contributed by atoms with Crippen molar-refractivity contribution in [3.63, 3.8) is 0 Å². The third kappa shape index (κ3) is 2.96. The quantitative estimate of drug-likeness (QED) is 0.400. The van der Waals surface area contributed by atoms with Crippen LogP contribution in [-0.4, -0.2) is 56.0 Å². The molecule has 0 radical (unpaired) electrons. The van der Waals surface area contributed by atoms with Gasteiger partial charge in [0.25, 0.3) is 5.91 Å². The third-order valence-corrected chi connectivity index (χ3v) is 6.89. The van der Waals surface area contributed by atoms with Gasteiger partial charge in [-0.15, -0.1) is 0 Å². The summed E-state index contributed by atoms with van der Waals surface area (Å²) in [5, 5.41) is 3.18. The number of fused-ring (bicyclic) bond motifs is 1. The minimum absolute atomic E-state index is 0.00889. The molecule has 0 bridgehead atoms. The topological polar surface area (TPSA) is 134 Å². The predicted octanol–water partition coefficient (Wildman–Crippen LogP) is 2.45. The number of carbonyl (C=O) groups excluding carboxylic acids is 1. The summed E-state index contributed by atoms with van der Waals surface area (Å²) in [5.74, 6) is -1.37. The number of azide groups is 1. The second-order valence-corrected chi connectivity index (χ2v) is 8.97. The van der Waals surface area contributed by atoms with E-state index in [1.54, 1.807) is 11.8 Å². The number of aryl methyl sites for hydroxylation is 1. The number of hydrogen-bond acceptors (Lipinski definition) is 7. The first-order valence-corrected chi connectivity index (χ1v) is 10.4. The van der Waals surface area contributed by atoms with Gasteiger partial charge in [-0.1, -0.05) is 5.11 Å². The van der Waals surface area contributed by atoms with Crippen LogP contribution in [-0.2, 0) is 19.3 Å². The minimum atomic E-state index is -4.12. The largest absolute Gasteiger partial charge is 0.347 e. The van der Waals surface area contributed by atoms with Crippen LogP contribution in [0.3, 0.4) is 0 Å². The van der Waals surface area contributed by atoms with Crippen molar-refractivity contribution in [1.29, 1.82) is 0 Å². The number of nitrogens with zero attached hydrogens (tertiary/aromatic N) is 5. The first-order chi connectivity index (χ1) is 13.3. The first-order valence-electron chi connectivity index (χ1n) is 8.90. The van der Waals surface area contributed by atoms with Gasteiger partial charge < -0.3 is 14.4 Å². The van der Waals surface area contributed by atoms with Gasteiger partial charge in [0.15, 0.2) is 5.79 Å². The molecular weight excluding hydrogens is 386 g/mol. The minimum Gasteiger partial charge on any atom is -0.347 e. The number of rotatable bonds is 1. The van der Waals surface area contributed by atoms with E-state index >= 15 is 0 Å². The van der Waals surface area contributed by atoms with E-state index in [0.29, 0.717) is 38.1 Å². The first kappa shape index (κ1) is 18.9. The van der Waals surface area contributed by atoms with Gasteiger partial charge in [0, 0.05) is 30.8 Å². The highest BCUT2D eigenvalue weighted by molar-refractivity contribution is 8.06. The van der Waals surface area contributed by atoms with Gasteiger partial charge in [-0.05, 0) is 37.1 Å². The summed E-state index contributed by atoms with van der Waals surface area (Å²) in [7, 11) is -4.12. The number of carbonyl (C=O) groups is 1. The number of amides is 1. The van der Waals surface area contributed by atoms with E-state index in [9.17, 15) is 13.2 Å². The van der Waals surface area contributed by atoms with E-state index in [1.807, 2.05) is 6.92 Å². The van der Waals surface area contributed by atoms with Gasteiger partial charge in [-0.2, -0.15) is 4.99 Å². The van der Waals surface area contributed by atoms with Crippen molar-refractivity contribution in [3.05, 3.63) is 33.7 Å². The normalized spacial score (nSPS) is 25.2. The summed E-state index contributed by atoms with van der Waals surface area (Å²) in [6.45, 7) is 4.74. The zero-order valence-electron chi connectivity index (χ0n) is 15.5. The average Bonchev–Trinajstić information content (AvgIpc) is 2.99. The molecule has 3 aliphatic rings. The second-order valence-electron chi connectivity index (χ2n) is 7.19. The molecule has 28 heavy (non-hydrogen) atoms.